The molecule has 0 spiro atoms. The summed E-state index contributed by atoms with van der Waals surface area (Å²) >= 11 is 0. The molecule has 1 aromatic carbocycles. The second-order valence-corrected chi connectivity index (χ2v) is 5.74. The van der Waals surface area contributed by atoms with Crippen LogP contribution in [0.5, 0.6) is 0 Å². The molecular formula is C12H17NO3S. The van der Waals surface area contributed by atoms with Gasteiger partial charge in [0.05, 0.1) is 5.56 Å². The third kappa shape index (κ3) is 4.66. The summed E-state index contributed by atoms with van der Waals surface area (Å²) in [5, 5.41) is 12.0. The minimum Gasteiger partial charge on any atom is -0.478 e. The van der Waals surface area contributed by atoms with Crippen molar-refractivity contribution in [1.82, 2.24) is 5.32 Å². The summed E-state index contributed by atoms with van der Waals surface area (Å²) in [5.41, 5.74) is 1.31. The van der Waals surface area contributed by atoms with E-state index in [-0.39, 0.29) is 10.8 Å². The van der Waals surface area contributed by atoms with E-state index >= 15 is 0 Å². The molecule has 0 aliphatic carbocycles. The Balaban J connectivity index is 2.42. The number of hydrogen-bond acceptors (Lipinski definition) is 3. The first-order valence-corrected chi connectivity index (χ1v) is 6.98. The van der Waals surface area contributed by atoms with Crippen molar-refractivity contribution in [1.29, 1.82) is 0 Å². The number of nitrogens with one attached hydrogen (secondary N) is 1. The molecule has 0 bridgehead atoms. The molecule has 0 saturated carbocycles. The molecule has 0 saturated heterocycles. The van der Waals surface area contributed by atoms with Crippen LogP contribution in [0, 0.1) is 0 Å². The van der Waals surface area contributed by atoms with E-state index in [1.165, 1.54) is 0 Å². The number of carbonyl (C=O) groups is 1. The van der Waals surface area contributed by atoms with Gasteiger partial charge in [-0.25, -0.2) is 4.79 Å². The highest BCUT2D eigenvalue weighted by atomic mass is 32.2. The Morgan fingerprint density at radius 3 is 2.47 bits per heavy atom. The zero-order chi connectivity index (χ0) is 12.8. The molecule has 2 atom stereocenters. The number of carboxylic acid groups (broad SMARTS) is 1. The molecule has 2 unspecified atom stereocenters. The van der Waals surface area contributed by atoms with E-state index in [0.717, 1.165) is 5.56 Å². The Labute approximate surface area is 104 Å². The molecule has 0 heterocycles. The minimum atomic E-state index is -0.917. The predicted octanol–water partition coefficient (Wildman–Crippen LogP) is 1.24. The van der Waals surface area contributed by atoms with Gasteiger partial charge in [-0.3, -0.25) is 4.21 Å². The molecule has 0 aliphatic rings. The second kappa shape index (κ2) is 6.51. The summed E-state index contributed by atoms with van der Waals surface area (Å²) in [7, 11) is -0.818. The standard InChI is InChI=1S/C12H17NO3S/c1-9(17(2)16)7-13-8-10-3-5-11(6-4-10)12(14)15/h3-6,9,13H,7-8H2,1-2H3,(H,14,15). The van der Waals surface area contributed by atoms with Gasteiger partial charge in [-0.1, -0.05) is 12.1 Å². The molecule has 5 heteroatoms. The number of carboxylic acids is 1. The van der Waals surface area contributed by atoms with E-state index in [0.29, 0.717) is 13.1 Å². The number of hydrogen-bond donors (Lipinski definition) is 2. The van der Waals surface area contributed by atoms with Crippen molar-refractivity contribution in [3.8, 4) is 0 Å². The van der Waals surface area contributed by atoms with Crippen LogP contribution in [0.1, 0.15) is 22.8 Å². The molecule has 4 nitrogen and oxygen atoms in total. The molecule has 0 aliphatic heterocycles. The maximum absolute atomic E-state index is 11.1. The highest BCUT2D eigenvalue weighted by molar-refractivity contribution is 7.84. The summed E-state index contributed by atoms with van der Waals surface area (Å²) < 4.78 is 11.1. The molecule has 0 radical (unpaired) electrons. The third-order valence-electron chi connectivity index (χ3n) is 2.53. The van der Waals surface area contributed by atoms with E-state index in [2.05, 4.69) is 5.32 Å². The van der Waals surface area contributed by atoms with Crippen LogP contribution in [0.4, 0.5) is 0 Å². The Kier molecular flexibility index (Phi) is 5.31. The SMILES string of the molecule is CC(CNCc1ccc(C(=O)O)cc1)S(C)=O. The summed E-state index contributed by atoms with van der Waals surface area (Å²) in [6.45, 7) is 3.27. The lowest BCUT2D eigenvalue weighted by molar-refractivity contribution is 0.0697. The predicted molar refractivity (Wildman–Crippen MR) is 68.6 cm³/mol. The molecule has 17 heavy (non-hydrogen) atoms. The summed E-state index contributed by atoms with van der Waals surface area (Å²) in [6, 6.07) is 6.73. The normalized spacial score (nSPS) is 14.2. The lowest BCUT2D eigenvalue weighted by atomic mass is 10.1. The van der Waals surface area contributed by atoms with Gasteiger partial charge in [0.2, 0.25) is 0 Å². The smallest absolute Gasteiger partial charge is 0.335 e. The molecule has 1 aromatic rings. The Bertz CT molecular complexity index is 403. The fraction of sp³-hybridized carbons (Fsp3) is 0.417. The molecule has 2 N–H and O–H groups in total. The van der Waals surface area contributed by atoms with Gasteiger partial charge >= 0.3 is 5.97 Å². The van der Waals surface area contributed by atoms with Crippen molar-refractivity contribution in [2.75, 3.05) is 12.8 Å². The highest BCUT2D eigenvalue weighted by Crippen LogP contribution is 2.04. The van der Waals surface area contributed by atoms with Gasteiger partial charge in [-0.15, -0.1) is 0 Å². The van der Waals surface area contributed by atoms with Crippen molar-refractivity contribution in [2.24, 2.45) is 0 Å². The summed E-state index contributed by atoms with van der Waals surface area (Å²) in [4.78, 5) is 10.6. The molecule has 0 aromatic heterocycles. The van der Waals surface area contributed by atoms with Crippen LogP contribution in [0.3, 0.4) is 0 Å². The van der Waals surface area contributed by atoms with Crippen LogP contribution in [-0.4, -0.2) is 33.3 Å². The first-order valence-electron chi connectivity index (χ1n) is 5.36. The van der Waals surface area contributed by atoms with Crippen molar-refractivity contribution < 1.29 is 14.1 Å². The van der Waals surface area contributed by atoms with Gasteiger partial charge in [0.25, 0.3) is 0 Å². The molecule has 94 valence electrons. The average Bonchev–Trinajstić information content (AvgIpc) is 2.29. The zero-order valence-electron chi connectivity index (χ0n) is 9.97. The van der Waals surface area contributed by atoms with Gasteiger partial charge in [0.15, 0.2) is 0 Å². The molecule has 0 amide bonds. The maximum Gasteiger partial charge on any atom is 0.335 e. The van der Waals surface area contributed by atoms with Crippen LogP contribution in [-0.2, 0) is 17.3 Å². The van der Waals surface area contributed by atoms with Crippen molar-refractivity contribution in [3.05, 3.63) is 35.4 Å². The highest BCUT2D eigenvalue weighted by Gasteiger charge is 2.05. The topological polar surface area (TPSA) is 66.4 Å². The van der Waals surface area contributed by atoms with E-state index in [1.54, 1.807) is 30.5 Å². The Morgan fingerprint density at radius 2 is 2.00 bits per heavy atom. The first kappa shape index (κ1) is 13.9. The average molecular weight is 255 g/mol. The van der Waals surface area contributed by atoms with E-state index in [4.69, 9.17) is 5.11 Å². The van der Waals surface area contributed by atoms with Gasteiger partial charge in [-0.05, 0) is 24.6 Å². The van der Waals surface area contributed by atoms with Crippen LogP contribution in [0.25, 0.3) is 0 Å². The Hall–Kier alpha value is -1.20. The zero-order valence-corrected chi connectivity index (χ0v) is 10.8. The molecular weight excluding hydrogens is 238 g/mol. The number of aromatic carboxylic acids is 1. The minimum absolute atomic E-state index is 0.119. The van der Waals surface area contributed by atoms with Crippen molar-refractivity contribution in [3.63, 3.8) is 0 Å². The fourth-order valence-corrected chi connectivity index (χ4v) is 1.65. The quantitative estimate of drug-likeness (QED) is 0.802. The van der Waals surface area contributed by atoms with Crippen LogP contribution < -0.4 is 5.32 Å². The van der Waals surface area contributed by atoms with E-state index in [9.17, 15) is 9.00 Å². The van der Waals surface area contributed by atoms with Crippen molar-refractivity contribution >= 4 is 16.8 Å². The maximum atomic E-state index is 11.1. The largest absolute Gasteiger partial charge is 0.478 e. The number of benzene rings is 1. The Morgan fingerprint density at radius 1 is 1.41 bits per heavy atom. The number of rotatable bonds is 6. The summed E-state index contributed by atoms with van der Waals surface area (Å²) in [5.74, 6) is -0.917. The van der Waals surface area contributed by atoms with Gasteiger partial charge < -0.3 is 10.4 Å². The van der Waals surface area contributed by atoms with E-state index in [1.807, 2.05) is 6.92 Å². The van der Waals surface area contributed by atoms with Gasteiger partial charge in [0.1, 0.15) is 0 Å². The van der Waals surface area contributed by atoms with Crippen LogP contribution in [0.15, 0.2) is 24.3 Å². The third-order valence-corrected chi connectivity index (χ3v) is 3.83. The van der Waals surface area contributed by atoms with Crippen molar-refractivity contribution in [2.45, 2.75) is 18.7 Å². The van der Waals surface area contributed by atoms with E-state index < -0.39 is 16.8 Å². The van der Waals surface area contributed by atoms with Crippen LogP contribution >= 0.6 is 0 Å². The summed E-state index contributed by atoms with van der Waals surface area (Å²) in [6.07, 6.45) is 1.69. The first-order chi connectivity index (χ1) is 8.00. The monoisotopic (exact) mass is 255 g/mol. The second-order valence-electron chi connectivity index (χ2n) is 3.94. The van der Waals surface area contributed by atoms with Gasteiger partial charge in [0, 0.05) is 35.4 Å². The van der Waals surface area contributed by atoms with Crippen LogP contribution in [0.2, 0.25) is 0 Å². The van der Waals surface area contributed by atoms with Gasteiger partial charge in [-0.2, -0.15) is 0 Å². The lowest BCUT2D eigenvalue weighted by Gasteiger charge is -2.09. The lowest BCUT2D eigenvalue weighted by Crippen LogP contribution is -2.27. The molecule has 0 fully saturated rings. The fourth-order valence-electron chi connectivity index (χ4n) is 1.30. The molecule has 1 rings (SSSR count).